The van der Waals surface area contributed by atoms with Crippen LogP contribution in [0.3, 0.4) is 0 Å². The average molecular weight is 400 g/mol. The molecule has 0 radical (unpaired) electrons. The molecule has 0 spiro atoms. The first kappa shape index (κ1) is 22.4. The van der Waals surface area contributed by atoms with Crippen LogP contribution in [0.4, 0.5) is 0 Å². The number of ketones is 1. The summed E-state index contributed by atoms with van der Waals surface area (Å²) in [5.41, 5.74) is 3.78. The number of aromatic nitrogens is 1. The second kappa shape index (κ2) is 9.52. The predicted octanol–water partition coefficient (Wildman–Crippen LogP) is 1.45. The van der Waals surface area contributed by atoms with Crippen molar-refractivity contribution in [2.75, 3.05) is 20.7 Å². The monoisotopic (exact) mass is 400 g/mol. The van der Waals surface area contributed by atoms with E-state index in [1.165, 1.54) is 0 Å². The summed E-state index contributed by atoms with van der Waals surface area (Å²) in [7, 11) is 3.55. The Bertz CT molecular complexity index is 900. The molecule has 1 aromatic carbocycles. The number of rotatable bonds is 8. The first-order valence-electron chi connectivity index (χ1n) is 9.75. The maximum Gasteiger partial charge on any atom is 0.340 e. The number of H-pyrrole nitrogens is 1. The van der Waals surface area contributed by atoms with Crippen molar-refractivity contribution in [3.8, 4) is 0 Å². The van der Waals surface area contributed by atoms with Crippen molar-refractivity contribution >= 4 is 17.7 Å². The molecule has 0 fully saturated rings. The smallest absolute Gasteiger partial charge is 0.340 e. The zero-order chi connectivity index (χ0) is 21.7. The SMILES string of the molecule is CCOC(=O)c1c(C)[nH]c(C(=O)[C@H](C)[NH+](C)Cc2ccc(C(=O)NC)cc2)c1C. The molecule has 0 aliphatic rings. The fourth-order valence-corrected chi connectivity index (χ4v) is 3.34. The highest BCUT2D eigenvalue weighted by atomic mass is 16.5. The van der Waals surface area contributed by atoms with Gasteiger partial charge in [-0.25, -0.2) is 4.79 Å². The van der Waals surface area contributed by atoms with Gasteiger partial charge in [-0.2, -0.15) is 0 Å². The van der Waals surface area contributed by atoms with Crippen LogP contribution in [0.15, 0.2) is 24.3 Å². The van der Waals surface area contributed by atoms with Gasteiger partial charge in [0.1, 0.15) is 6.54 Å². The van der Waals surface area contributed by atoms with Gasteiger partial charge in [-0.3, -0.25) is 9.59 Å². The summed E-state index contributed by atoms with van der Waals surface area (Å²) in [6.07, 6.45) is 0. The minimum atomic E-state index is -0.414. The van der Waals surface area contributed by atoms with Gasteiger partial charge in [0.05, 0.1) is 24.9 Å². The van der Waals surface area contributed by atoms with Gasteiger partial charge in [0.15, 0.2) is 6.04 Å². The highest BCUT2D eigenvalue weighted by Crippen LogP contribution is 2.20. The number of hydrogen-bond donors (Lipinski definition) is 3. The Kier molecular flexibility index (Phi) is 7.34. The molecule has 1 heterocycles. The molecule has 1 aromatic heterocycles. The Morgan fingerprint density at radius 2 is 1.79 bits per heavy atom. The molecule has 0 bridgehead atoms. The Morgan fingerprint density at radius 1 is 1.17 bits per heavy atom. The molecule has 7 nitrogen and oxygen atoms in total. The second-order valence-corrected chi connectivity index (χ2v) is 7.23. The molecule has 29 heavy (non-hydrogen) atoms. The molecular weight excluding hydrogens is 370 g/mol. The average Bonchev–Trinajstić information content (AvgIpc) is 3.00. The van der Waals surface area contributed by atoms with Crippen molar-refractivity contribution in [2.24, 2.45) is 0 Å². The predicted molar refractivity (Wildman–Crippen MR) is 110 cm³/mol. The van der Waals surface area contributed by atoms with Gasteiger partial charge in [-0.1, -0.05) is 12.1 Å². The molecular formula is C22H30N3O4+. The summed E-state index contributed by atoms with van der Waals surface area (Å²) in [6, 6.07) is 7.03. The van der Waals surface area contributed by atoms with E-state index in [2.05, 4.69) is 10.3 Å². The third kappa shape index (κ3) is 4.92. The molecule has 3 N–H and O–H groups in total. The molecule has 1 amide bonds. The van der Waals surface area contributed by atoms with Crippen molar-refractivity contribution in [1.82, 2.24) is 10.3 Å². The number of carbonyl (C=O) groups excluding carboxylic acids is 3. The van der Waals surface area contributed by atoms with E-state index in [-0.39, 0.29) is 24.3 Å². The summed E-state index contributed by atoms with van der Waals surface area (Å²) in [4.78, 5) is 41.0. The van der Waals surface area contributed by atoms with Crippen LogP contribution in [0.2, 0.25) is 0 Å². The number of carbonyl (C=O) groups is 3. The second-order valence-electron chi connectivity index (χ2n) is 7.23. The minimum absolute atomic E-state index is 0.0550. The number of aryl methyl sites for hydroxylation is 1. The Labute approximate surface area is 171 Å². The van der Waals surface area contributed by atoms with Crippen molar-refractivity contribution in [1.29, 1.82) is 0 Å². The molecule has 7 heteroatoms. The lowest BCUT2D eigenvalue weighted by atomic mass is 10.0. The van der Waals surface area contributed by atoms with Crippen LogP contribution < -0.4 is 10.2 Å². The normalized spacial score (nSPS) is 12.9. The number of aromatic amines is 1. The third-order valence-corrected chi connectivity index (χ3v) is 5.22. The van der Waals surface area contributed by atoms with E-state index in [4.69, 9.17) is 4.74 Å². The first-order valence-corrected chi connectivity index (χ1v) is 9.75. The zero-order valence-electron chi connectivity index (χ0n) is 17.9. The number of quaternary nitrogens is 1. The Morgan fingerprint density at radius 3 is 2.34 bits per heavy atom. The van der Waals surface area contributed by atoms with Gasteiger partial charge < -0.3 is 19.9 Å². The van der Waals surface area contributed by atoms with Gasteiger partial charge in [0.25, 0.3) is 5.91 Å². The third-order valence-electron chi connectivity index (χ3n) is 5.22. The van der Waals surface area contributed by atoms with E-state index in [0.29, 0.717) is 34.6 Å². The largest absolute Gasteiger partial charge is 0.462 e. The van der Waals surface area contributed by atoms with Crippen LogP contribution >= 0.6 is 0 Å². The highest BCUT2D eigenvalue weighted by Gasteiger charge is 2.29. The number of amides is 1. The van der Waals surface area contributed by atoms with Crippen LogP contribution in [0.25, 0.3) is 0 Å². The number of hydrogen-bond acceptors (Lipinski definition) is 4. The van der Waals surface area contributed by atoms with Crippen LogP contribution in [0.5, 0.6) is 0 Å². The number of Topliss-reactive ketones (excluding diaryl/α,β-unsaturated/α-hetero) is 1. The van der Waals surface area contributed by atoms with Crippen molar-refractivity contribution in [3.05, 3.63) is 57.9 Å². The molecule has 1 unspecified atom stereocenters. The molecule has 0 aliphatic carbocycles. The van der Waals surface area contributed by atoms with Crippen LogP contribution in [0.1, 0.15) is 61.9 Å². The number of nitrogens with one attached hydrogen (secondary N) is 3. The molecule has 156 valence electrons. The van der Waals surface area contributed by atoms with Crippen molar-refractivity contribution < 1.29 is 24.0 Å². The van der Waals surface area contributed by atoms with Crippen LogP contribution in [-0.2, 0) is 11.3 Å². The summed E-state index contributed by atoms with van der Waals surface area (Å²) < 4.78 is 5.10. The van der Waals surface area contributed by atoms with Crippen LogP contribution in [0, 0.1) is 13.8 Å². The number of esters is 1. The van der Waals surface area contributed by atoms with Gasteiger partial charge in [-0.05, 0) is 45.4 Å². The van der Waals surface area contributed by atoms with Gasteiger partial charge in [0.2, 0.25) is 5.78 Å². The first-order chi connectivity index (χ1) is 13.7. The maximum absolute atomic E-state index is 13.1. The Hall–Kier alpha value is -2.93. The fourth-order valence-electron chi connectivity index (χ4n) is 3.34. The van der Waals surface area contributed by atoms with Gasteiger partial charge in [-0.15, -0.1) is 0 Å². The lowest BCUT2D eigenvalue weighted by Crippen LogP contribution is -3.12. The Balaban J connectivity index is 2.14. The fraction of sp³-hybridized carbons (Fsp3) is 0.409. The highest BCUT2D eigenvalue weighted by molar-refractivity contribution is 6.03. The molecule has 2 rings (SSSR count). The summed E-state index contributed by atoms with van der Waals surface area (Å²) in [5, 5.41) is 2.60. The lowest BCUT2D eigenvalue weighted by Gasteiger charge is -2.21. The maximum atomic E-state index is 13.1. The van der Waals surface area contributed by atoms with Gasteiger partial charge in [0, 0.05) is 23.9 Å². The standard InChI is InChI=1S/C22H29N3O4/c1-7-29-22(28)18-13(2)19(24-14(18)3)20(26)15(4)25(6)12-16-8-10-17(11-9-16)21(27)23-5/h8-11,15,24H,7,12H2,1-6H3,(H,23,27)/p+1/t15-/m0/s1. The van der Waals surface area contributed by atoms with Crippen molar-refractivity contribution in [2.45, 2.75) is 40.3 Å². The molecule has 2 atom stereocenters. The van der Waals surface area contributed by atoms with E-state index in [0.717, 1.165) is 10.5 Å². The van der Waals surface area contributed by atoms with Gasteiger partial charge >= 0.3 is 5.97 Å². The number of benzene rings is 1. The number of likely N-dealkylation sites (N-methyl/N-ethyl adjacent to an activating group) is 1. The van der Waals surface area contributed by atoms with E-state index in [1.54, 1.807) is 40.0 Å². The molecule has 0 aliphatic heterocycles. The molecule has 0 saturated carbocycles. The summed E-state index contributed by atoms with van der Waals surface area (Å²) in [6.45, 7) is 8.07. The topological polar surface area (TPSA) is 92.7 Å². The van der Waals surface area contributed by atoms with E-state index in [9.17, 15) is 14.4 Å². The van der Waals surface area contributed by atoms with E-state index in [1.807, 2.05) is 26.1 Å². The lowest BCUT2D eigenvalue weighted by molar-refractivity contribution is -0.907. The zero-order valence-corrected chi connectivity index (χ0v) is 17.9. The molecule has 0 saturated heterocycles. The number of ether oxygens (including phenoxy) is 1. The molecule has 2 aromatic rings. The quantitative estimate of drug-likeness (QED) is 0.462. The van der Waals surface area contributed by atoms with Crippen molar-refractivity contribution in [3.63, 3.8) is 0 Å². The van der Waals surface area contributed by atoms with E-state index >= 15 is 0 Å². The van der Waals surface area contributed by atoms with Crippen LogP contribution in [-0.4, -0.2) is 49.4 Å². The summed E-state index contributed by atoms with van der Waals surface area (Å²) in [5.74, 6) is -0.598. The minimum Gasteiger partial charge on any atom is -0.462 e. The summed E-state index contributed by atoms with van der Waals surface area (Å²) >= 11 is 0. The van der Waals surface area contributed by atoms with E-state index < -0.39 is 5.97 Å².